The number of carbonyl (C=O) groups is 2. The van der Waals surface area contributed by atoms with Crippen LogP contribution in [0.4, 0.5) is 5.69 Å². The molecule has 0 aromatic heterocycles. The first-order valence-electron chi connectivity index (χ1n) is 11.4. The third-order valence-corrected chi connectivity index (χ3v) is 5.97. The van der Waals surface area contributed by atoms with E-state index in [1.807, 2.05) is 74.2 Å². The molecular weight excluding hydrogens is 418 g/mol. The Morgan fingerprint density at radius 3 is 2.12 bits per heavy atom. The molecule has 2 aromatic rings. The van der Waals surface area contributed by atoms with Crippen LogP contribution in [0.25, 0.3) is 5.57 Å². The maximum absolute atomic E-state index is 13.6. The fourth-order valence-electron chi connectivity index (χ4n) is 4.31. The Balaban J connectivity index is 1.71. The maximum Gasteiger partial charge on any atom is 0.282 e. The highest BCUT2D eigenvalue weighted by Gasteiger charge is 2.43. The van der Waals surface area contributed by atoms with Crippen LogP contribution in [0.15, 0.2) is 54.2 Å². The monoisotopic (exact) mass is 449 g/mol. The molecule has 2 heterocycles. The molecule has 1 N–H and O–H groups in total. The van der Waals surface area contributed by atoms with E-state index in [4.69, 9.17) is 4.74 Å². The van der Waals surface area contributed by atoms with Gasteiger partial charge in [-0.3, -0.25) is 14.5 Å². The molecule has 0 atom stereocenters. The summed E-state index contributed by atoms with van der Waals surface area (Å²) in [6.45, 7) is 9.31. The van der Waals surface area contributed by atoms with Gasteiger partial charge in [0.2, 0.25) is 0 Å². The second-order valence-electron chi connectivity index (χ2n) is 8.75. The van der Waals surface area contributed by atoms with Crippen molar-refractivity contribution < 1.29 is 19.4 Å². The smallest absolute Gasteiger partial charge is 0.282 e. The van der Waals surface area contributed by atoms with Crippen LogP contribution in [-0.2, 0) is 9.59 Å². The number of imide groups is 1. The second kappa shape index (κ2) is 9.77. The standard InChI is InChI=1S/C26H31N3O4/c1-18(2)33-22-10-6-20(7-11-22)23-24(28-14-12-27(13-15-28)16-17-30)26(32)29(25(23)31)21-8-4-19(3)5-9-21/h4-11,18,30H,12-17H2,1-3H3. The first-order chi connectivity index (χ1) is 15.9. The van der Waals surface area contributed by atoms with Gasteiger partial charge in [0.05, 0.1) is 24.0 Å². The van der Waals surface area contributed by atoms with Gasteiger partial charge in [0, 0.05) is 32.7 Å². The minimum absolute atomic E-state index is 0.0487. The van der Waals surface area contributed by atoms with Crippen molar-refractivity contribution in [2.24, 2.45) is 0 Å². The quantitative estimate of drug-likeness (QED) is 0.656. The lowest BCUT2D eigenvalue weighted by Gasteiger charge is -2.36. The van der Waals surface area contributed by atoms with Gasteiger partial charge in [0.1, 0.15) is 11.4 Å². The van der Waals surface area contributed by atoms with Crippen LogP contribution in [-0.4, -0.2) is 72.2 Å². The zero-order valence-electron chi connectivity index (χ0n) is 19.5. The van der Waals surface area contributed by atoms with E-state index in [1.165, 1.54) is 4.90 Å². The lowest BCUT2D eigenvalue weighted by molar-refractivity contribution is -0.120. The molecule has 174 valence electrons. The molecule has 0 spiro atoms. The third kappa shape index (κ3) is 4.79. The molecule has 2 aliphatic heterocycles. The maximum atomic E-state index is 13.6. The van der Waals surface area contributed by atoms with Crippen molar-refractivity contribution in [3.8, 4) is 5.75 Å². The Kier molecular flexibility index (Phi) is 6.81. The summed E-state index contributed by atoms with van der Waals surface area (Å²) < 4.78 is 5.74. The van der Waals surface area contributed by atoms with Gasteiger partial charge in [-0.15, -0.1) is 0 Å². The number of benzene rings is 2. The zero-order chi connectivity index (χ0) is 23.5. The molecule has 0 bridgehead atoms. The molecule has 0 radical (unpaired) electrons. The molecule has 7 nitrogen and oxygen atoms in total. The van der Waals surface area contributed by atoms with Gasteiger partial charge in [0.25, 0.3) is 11.8 Å². The third-order valence-electron chi connectivity index (χ3n) is 5.97. The molecule has 2 amide bonds. The van der Waals surface area contributed by atoms with E-state index in [1.54, 1.807) is 0 Å². The Hall–Kier alpha value is -3.16. The van der Waals surface area contributed by atoms with Crippen molar-refractivity contribution in [3.63, 3.8) is 0 Å². The van der Waals surface area contributed by atoms with Gasteiger partial charge in [-0.1, -0.05) is 29.8 Å². The Morgan fingerprint density at radius 2 is 1.55 bits per heavy atom. The molecule has 0 aliphatic carbocycles. The number of nitrogens with zero attached hydrogens (tertiary/aromatic N) is 3. The van der Waals surface area contributed by atoms with Crippen molar-refractivity contribution in [3.05, 3.63) is 65.4 Å². The first-order valence-corrected chi connectivity index (χ1v) is 11.4. The molecule has 0 saturated carbocycles. The van der Waals surface area contributed by atoms with Crippen molar-refractivity contribution in [2.45, 2.75) is 26.9 Å². The number of carbonyl (C=O) groups excluding carboxylic acids is 2. The molecule has 4 rings (SSSR count). The van der Waals surface area contributed by atoms with E-state index in [2.05, 4.69) is 4.90 Å². The van der Waals surface area contributed by atoms with Crippen LogP contribution in [0.5, 0.6) is 5.75 Å². The van der Waals surface area contributed by atoms with Gasteiger partial charge in [-0.2, -0.15) is 0 Å². The summed E-state index contributed by atoms with van der Waals surface area (Å²) in [4.78, 5) is 32.7. The zero-order valence-corrected chi connectivity index (χ0v) is 19.5. The number of ether oxygens (including phenoxy) is 1. The lowest BCUT2D eigenvalue weighted by atomic mass is 10.0. The van der Waals surface area contributed by atoms with Gasteiger partial charge >= 0.3 is 0 Å². The molecule has 33 heavy (non-hydrogen) atoms. The summed E-state index contributed by atoms with van der Waals surface area (Å²) >= 11 is 0. The number of piperazine rings is 1. The van der Waals surface area contributed by atoms with Crippen molar-refractivity contribution in [2.75, 3.05) is 44.2 Å². The van der Waals surface area contributed by atoms with Crippen LogP contribution in [0.2, 0.25) is 0 Å². The summed E-state index contributed by atoms with van der Waals surface area (Å²) in [5, 5.41) is 9.24. The minimum atomic E-state index is -0.311. The largest absolute Gasteiger partial charge is 0.491 e. The second-order valence-corrected chi connectivity index (χ2v) is 8.75. The number of aliphatic hydroxyl groups excluding tert-OH is 1. The van der Waals surface area contributed by atoms with E-state index in [-0.39, 0.29) is 24.5 Å². The van der Waals surface area contributed by atoms with Crippen molar-refractivity contribution >= 4 is 23.1 Å². The predicted octanol–water partition coefficient (Wildman–Crippen LogP) is 2.68. The van der Waals surface area contributed by atoms with E-state index < -0.39 is 0 Å². The topological polar surface area (TPSA) is 73.3 Å². The summed E-state index contributed by atoms with van der Waals surface area (Å²) in [5.41, 5.74) is 3.20. The molecule has 1 fully saturated rings. The van der Waals surface area contributed by atoms with Crippen molar-refractivity contribution in [1.29, 1.82) is 0 Å². The van der Waals surface area contributed by atoms with E-state index >= 15 is 0 Å². The predicted molar refractivity (Wildman–Crippen MR) is 128 cm³/mol. The first kappa shape index (κ1) is 23.0. The number of β-amino-alcohol motifs (C(OH)–C–C–N with tert-alkyl or cyclic N) is 1. The average Bonchev–Trinajstić information content (AvgIpc) is 3.05. The number of rotatable bonds is 7. The molecule has 0 unspecified atom stereocenters. The van der Waals surface area contributed by atoms with Crippen LogP contribution in [0, 0.1) is 6.92 Å². The SMILES string of the molecule is Cc1ccc(N2C(=O)C(c3ccc(OC(C)C)cc3)=C(N3CCN(CCO)CC3)C2=O)cc1. The van der Waals surface area contributed by atoms with Crippen molar-refractivity contribution in [1.82, 2.24) is 9.80 Å². The number of aryl methyl sites for hydroxylation is 1. The Labute approximate surface area is 194 Å². The summed E-state index contributed by atoms with van der Waals surface area (Å²) in [6, 6.07) is 14.8. The Bertz CT molecular complexity index is 1040. The normalized spacial score (nSPS) is 17.5. The van der Waals surface area contributed by atoms with Crippen LogP contribution in [0.3, 0.4) is 0 Å². The number of aliphatic hydroxyl groups is 1. The Morgan fingerprint density at radius 1 is 0.909 bits per heavy atom. The fourth-order valence-corrected chi connectivity index (χ4v) is 4.31. The average molecular weight is 450 g/mol. The highest BCUT2D eigenvalue weighted by Crippen LogP contribution is 2.35. The molecule has 1 saturated heterocycles. The molecular formula is C26H31N3O4. The van der Waals surface area contributed by atoms with E-state index in [9.17, 15) is 14.7 Å². The summed E-state index contributed by atoms with van der Waals surface area (Å²) in [7, 11) is 0. The summed E-state index contributed by atoms with van der Waals surface area (Å²) in [5.74, 6) is 0.117. The van der Waals surface area contributed by atoms with Crippen LogP contribution >= 0.6 is 0 Å². The molecule has 7 heteroatoms. The highest BCUT2D eigenvalue weighted by molar-refractivity contribution is 6.45. The number of amides is 2. The molecule has 2 aromatic carbocycles. The minimum Gasteiger partial charge on any atom is -0.491 e. The fraction of sp³-hybridized carbons (Fsp3) is 0.385. The van der Waals surface area contributed by atoms with Crippen LogP contribution < -0.4 is 9.64 Å². The summed E-state index contributed by atoms with van der Waals surface area (Å²) in [6.07, 6.45) is 0.0487. The number of hydrogen-bond acceptors (Lipinski definition) is 6. The highest BCUT2D eigenvalue weighted by atomic mass is 16.5. The number of hydrogen-bond donors (Lipinski definition) is 1. The van der Waals surface area contributed by atoms with Gasteiger partial charge in [-0.05, 0) is 50.6 Å². The molecule has 2 aliphatic rings. The number of anilines is 1. The van der Waals surface area contributed by atoms with Gasteiger partial charge in [0.15, 0.2) is 0 Å². The van der Waals surface area contributed by atoms with E-state index in [0.29, 0.717) is 42.2 Å². The lowest BCUT2D eigenvalue weighted by Crippen LogP contribution is -2.48. The van der Waals surface area contributed by atoms with Crippen LogP contribution in [0.1, 0.15) is 25.0 Å². The van der Waals surface area contributed by atoms with E-state index in [0.717, 1.165) is 24.4 Å². The van der Waals surface area contributed by atoms with Gasteiger partial charge in [-0.25, -0.2) is 4.90 Å². The van der Waals surface area contributed by atoms with Gasteiger partial charge < -0.3 is 14.7 Å².